The average Bonchev–Trinajstić information content (AvgIpc) is 2.56. The molecule has 2 rings (SSSR count). The number of nitrogens with one attached hydrogen (secondary N) is 1. The Morgan fingerprint density at radius 3 is 2.57 bits per heavy atom. The Kier molecular flexibility index (Phi) is 6.28. The number of carbonyl (C=O) groups is 1. The van der Waals surface area contributed by atoms with E-state index in [0.717, 1.165) is 0 Å². The van der Waals surface area contributed by atoms with Crippen LogP contribution in [0.2, 0.25) is 10.0 Å². The highest BCUT2D eigenvalue weighted by molar-refractivity contribution is 7.80. The first kappa shape index (κ1) is 17.6. The molecule has 0 aliphatic rings. The lowest BCUT2D eigenvalue weighted by molar-refractivity contribution is -0.692. The molecule has 0 radical (unpaired) electrons. The highest BCUT2D eigenvalue weighted by Gasteiger charge is 2.33. The summed E-state index contributed by atoms with van der Waals surface area (Å²) < 4.78 is 1.75. The van der Waals surface area contributed by atoms with Crippen LogP contribution in [0.15, 0.2) is 61.4 Å². The normalized spacial score (nSPS) is 11.6. The van der Waals surface area contributed by atoms with E-state index in [1.54, 1.807) is 41.2 Å². The lowest BCUT2D eigenvalue weighted by Gasteiger charge is -2.14. The van der Waals surface area contributed by atoms with Gasteiger partial charge >= 0.3 is 0 Å². The fourth-order valence-electron chi connectivity index (χ4n) is 2.05. The summed E-state index contributed by atoms with van der Waals surface area (Å²) in [6.07, 6.45) is 5.27. The number of Topliss-reactive ketones (excluding diaryl/α,β-unsaturated/α-hetero) is 1. The van der Waals surface area contributed by atoms with Gasteiger partial charge in [-0.1, -0.05) is 47.6 Å². The molecule has 2 aromatic rings. The third kappa shape index (κ3) is 4.38. The van der Waals surface area contributed by atoms with Crippen molar-refractivity contribution in [1.82, 2.24) is 5.32 Å². The number of nitrogens with zero attached hydrogens (tertiary/aromatic N) is 1. The van der Waals surface area contributed by atoms with E-state index in [1.165, 1.54) is 0 Å². The van der Waals surface area contributed by atoms with Gasteiger partial charge in [-0.3, -0.25) is 4.79 Å². The molecule has 6 heteroatoms. The van der Waals surface area contributed by atoms with Gasteiger partial charge in [0.1, 0.15) is 0 Å². The number of hydrogen-bond acceptors (Lipinski definition) is 2. The van der Waals surface area contributed by atoms with E-state index in [1.807, 2.05) is 18.2 Å². The lowest BCUT2D eigenvalue weighted by Crippen LogP contribution is -2.51. The Labute approximate surface area is 150 Å². The maximum absolute atomic E-state index is 12.9. The van der Waals surface area contributed by atoms with Crippen molar-refractivity contribution in [3.05, 3.63) is 77.1 Å². The molecule has 1 heterocycles. The molecule has 0 spiro atoms. The van der Waals surface area contributed by atoms with E-state index < -0.39 is 6.04 Å². The second-order valence-corrected chi connectivity index (χ2v) is 6.01. The van der Waals surface area contributed by atoms with E-state index >= 15 is 0 Å². The van der Waals surface area contributed by atoms with Crippen LogP contribution in [0.5, 0.6) is 0 Å². The fraction of sp³-hybridized carbons (Fsp3) is 0.118. The minimum absolute atomic E-state index is 0.165. The topological polar surface area (TPSA) is 33.0 Å². The molecular weight excluding hydrogens is 351 g/mol. The summed E-state index contributed by atoms with van der Waals surface area (Å²) in [5.41, 5.74) is 0.448. The molecule has 0 aliphatic heterocycles. The SMILES string of the molecule is C=CCNC(=S)C(C(=O)c1ccc(Cl)c(Cl)c1)[n+]1ccccc1. The fourth-order valence-corrected chi connectivity index (χ4v) is 2.66. The van der Waals surface area contributed by atoms with E-state index in [2.05, 4.69) is 11.9 Å². The summed E-state index contributed by atoms with van der Waals surface area (Å²) in [5, 5.41) is 3.76. The van der Waals surface area contributed by atoms with Crippen molar-refractivity contribution in [3.63, 3.8) is 0 Å². The van der Waals surface area contributed by atoms with Crippen molar-refractivity contribution >= 4 is 46.2 Å². The zero-order valence-corrected chi connectivity index (χ0v) is 14.5. The molecule has 118 valence electrons. The number of carbonyl (C=O) groups excluding carboxylic acids is 1. The van der Waals surface area contributed by atoms with Gasteiger partial charge < -0.3 is 5.32 Å². The van der Waals surface area contributed by atoms with Crippen LogP contribution in [0, 0.1) is 0 Å². The second-order valence-electron chi connectivity index (χ2n) is 4.75. The Morgan fingerprint density at radius 2 is 1.96 bits per heavy atom. The van der Waals surface area contributed by atoms with E-state index in [9.17, 15) is 4.79 Å². The number of ketones is 1. The molecule has 0 saturated carbocycles. The third-order valence-electron chi connectivity index (χ3n) is 3.16. The van der Waals surface area contributed by atoms with E-state index in [0.29, 0.717) is 27.1 Å². The van der Waals surface area contributed by atoms with Crippen LogP contribution in [0.3, 0.4) is 0 Å². The van der Waals surface area contributed by atoms with Crippen LogP contribution in [0.25, 0.3) is 0 Å². The molecule has 1 N–H and O–H groups in total. The number of hydrogen-bond donors (Lipinski definition) is 1. The number of halogens is 2. The summed E-state index contributed by atoms with van der Waals surface area (Å²) in [7, 11) is 0. The summed E-state index contributed by atoms with van der Waals surface area (Å²) in [4.78, 5) is 13.4. The van der Waals surface area contributed by atoms with Crippen LogP contribution in [0.4, 0.5) is 0 Å². The number of rotatable bonds is 6. The van der Waals surface area contributed by atoms with Crippen molar-refractivity contribution < 1.29 is 9.36 Å². The van der Waals surface area contributed by atoms with Gasteiger partial charge in [0.15, 0.2) is 17.4 Å². The predicted octanol–water partition coefficient (Wildman–Crippen LogP) is 3.81. The van der Waals surface area contributed by atoms with Gasteiger partial charge in [0.2, 0.25) is 5.78 Å². The van der Waals surface area contributed by atoms with Crippen molar-refractivity contribution in [3.8, 4) is 0 Å². The highest BCUT2D eigenvalue weighted by Crippen LogP contribution is 2.24. The van der Waals surface area contributed by atoms with Gasteiger partial charge in [-0.2, -0.15) is 4.57 Å². The first-order valence-electron chi connectivity index (χ1n) is 6.88. The molecule has 3 nitrogen and oxygen atoms in total. The molecule has 0 bridgehead atoms. The minimum Gasteiger partial charge on any atom is -0.370 e. The Balaban J connectivity index is 2.39. The monoisotopic (exact) mass is 365 g/mol. The second kappa shape index (κ2) is 8.20. The maximum atomic E-state index is 12.9. The zero-order chi connectivity index (χ0) is 16.8. The molecule has 0 aliphatic carbocycles. The van der Waals surface area contributed by atoms with Crippen molar-refractivity contribution in [2.45, 2.75) is 6.04 Å². The zero-order valence-electron chi connectivity index (χ0n) is 12.2. The molecular formula is C17H15Cl2N2OS+. The maximum Gasteiger partial charge on any atom is 0.270 e. The average molecular weight is 366 g/mol. The van der Waals surface area contributed by atoms with Gasteiger partial charge in [0.05, 0.1) is 10.0 Å². The quantitative estimate of drug-likeness (QED) is 0.365. The molecule has 23 heavy (non-hydrogen) atoms. The van der Waals surface area contributed by atoms with E-state index in [4.69, 9.17) is 35.4 Å². The van der Waals surface area contributed by atoms with Crippen molar-refractivity contribution in [2.24, 2.45) is 0 Å². The van der Waals surface area contributed by atoms with Gasteiger partial charge in [0, 0.05) is 24.2 Å². The molecule has 1 unspecified atom stereocenters. The molecule has 1 aromatic heterocycles. The number of benzene rings is 1. The van der Waals surface area contributed by atoms with Gasteiger partial charge in [0.25, 0.3) is 6.04 Å². The number of aromatic nitrogens is 1. The Bertz CT molecular complexity index is 735. The van der Waals surface area contributed by atoms with E-state index in [-0.39, 0.29) is 5.78 Å². The largest absolute Gasteiger partial charge is 0.370 e. The highest BCUT2D eigenvalue weighted by atomic mass is 35.5. The van der Waals surface area contributed by atoms with Gasteiger partial charge in [-0.25, -0.2) is 0 Å². The number of thiocarbonyl (C=S) groups is 1. The van der Waals surface area contributed by atoms with Crippen LogP contribution in [-0.2, 0) is 0 Å². The summed E-state index contributed by atoms with van der Waals surface area (Å²) >= 11 is 17.3. The Hall–Kier alpha value is -1.75. The van der Waals surface area contributed by atoms with Crippen molar-refractivity contribution in [2.75, 3.05) is 6.54 Å². The first-order valence-corrected chi connectivity index (χ1v) is 8.04. The summed E-state index contributed by atoms with van der Waals surface area (Å²) in [5.74, 6) is -0.165. The van der Waals surface area contributed by atoms with Crippen LogP contribution in [-0.4, -0.2) is 17.3 Å². The first-order chi connectivity index (χ1) is 11.0. The molecule has 0 saturated heterocycles. The standard InChI is InChI=1S/C17H14Cl2N2OS/c1-2-8-20-17(23)15(21-9-4-3-5-10-21)16(22)12-6-7-13(18)14(19)11-12/h2-7,9-11,15H,1,8H2/p+1. The van der Waals surface area contributed by atoms with Crippen LogP contribution < -0.4 is 9.88 Å². The molecule has 0 amide bonds. The van der Waals surface area contributed by atoms with Gasteiger partial charge in [-0.15, -0.1) is 6.58 Å². The summed E-state index contributed by atoms with van der Waals surface area (Å²) in [6.45, 7) is 4.13. The smallest absolute Gasteiger partial charge is 0.270 e. The van der Waals surface area contributed by atoms with Crippen molar-refractivity contribution in [1.29, 1.82) is 0 Å². The predicted molar refractivity (Wildman–Crippen MR) is 97.3 cm³/mol. The Morgan fingerprint density at radius 1 is 1.26 bits per heavy atom. The van der Waals surface area contributed by atoms with Crippen LogP contribution in [0.1, 0.15) is 16.4 Å². The summed E-state index contributed by atoms with van der Waals surface area (Å²) in [6, 6.07) is 9.68. The minimum atomic E-state index is -0.664. The van der Waals surface area contributed by atoms with Gasteiger partial charge in [-0.05, 0) is 18.2 Å². The molecule has 1 atom stereocenters. The molecule has 1 aromatic carbocycles. The molecule has 0 fully saturated rings. The lowest BCUT2D eigenvalue weighted by atomic mass is 10.0. The van der Waals surface area contributed by atoms with Crippen LogP contribution >= 0.6 is 35.4 Å². The third-order valence-corrected chi connectivity index (χ3v) is 4.26. The number of pyridine rings is 1.